The van der Waals surface area contributed by atoms with Gasteiger partial charge in [-0.1, -0.05) is 24.4 Å². The molecule has 0 spiro atoms. The van der Waals surface area contributed by atoms with Crippen molar-refractivity contribution in [2.75, 3.05) is 24.2 Å². The molecule has 2 unspecified atom stereocenters. The number of aryl methyl sites for hydroxylation is 1. The summed E-state index contributed by atoms with van der Waals surface area (Å²) < 4.78 is 25.6. The van der Waals surface area contributed by atoms with Gasteiger partial charge in [-0.15, -0.1) is 0 Å². The molecule has 1 aromatic carbocycles. The molecule has 1 aliphatic carbocycles. The van der Waals surface area contributed by atoms with E-state index in [4.69, 9.17) is 11.6 Å². The molecule has 1 saturated carbocycles. The van der Waals surface area contributed by atoms with Crippen molar-refractivity contribution in [1.82, 2.24) is 4.90 Å². The molecule has 1 aliphatic rings. The molecule has 1 fully saturated rings. The van der Waals surface area contributed by atoms with E-state index in [9.17, 15) is 18.3 Å². The Morgan fingerprint density at radius 2 is 1.96 bits per heavy atom. The molecule has 2 rings (SSSR count). The van der Waals surface area contributed by atoms with Crippen LogP contribution in [0.1, 0.15) is 31.2 Å². The lowest BCUT2D eigenvalue weighted by Gasteiger charge is -2.36. The van der Waals surface area contributed by atoms with Gasteiger partial charge in [-0.2, -0.15) is 0 Å². The summed E-state index contributed by atoms with van der Waals surface area (Å²) in [5.41, 5.74) is 1.10. The van der Waals surface area contributed by atoms with Crippen LogP contribution in [-0.4, -0.2) is 56.3 Å². The van der Waals surface area contributed by atoms with Crippen molar-refractivity contribution in [3.05, 3.63) is 28.8 Å². The van der Waals surface area contributed by atoms with Crippen LogP contribution in [0.15, 0.2) is 18.2 Å². The molecule has 0 radical (unpaired) electrons. The minimum atomic E-state index is -3.65. The Morgan fingerprint density at radius 1 is 1.32 bits per heavy atom. The van der Waals surface area contributed by atoms with Gasteiger partial charge in [0.05, 0.1) is 24.1 Å². The van der Waals surface area contributed by atoms with Gasteiger partial charge >= 0.3 is 0 Å². The van der Waals surface area contributed by atoms with Crippen LogP contribution in [-0.2, 0) is 14.8 Å². The van der Waals surface area contributed by atoms with Crippen molar-refractivity contribution in [2.45, 2.75) is 44.8 Å². The van der Waals surface area contributed by atoms with Crippen LogP contribution in [0.25, 0.3) is 0 Å². The summed E-state index contributed by atoms with van der Waals surface area (Å²) in [4.78, 5) is 14.2. The van der Waals surface area contributed by atoms with E-state index in [-0.39, 0.29) is 18.5 Å². The van der Waals surface area contributed by atoms with Crippen LogP contribution in [0.4, 0.5) is 5.69 Å². The number of aliphatic hydroxyl groups is 1. The van der Waals surface area contributed by atoms with Crippen LogP contribution in [0.5, 0.6) is 0 Å². The Kier molecular flexibility index (Phi) is 6.35. The van der Waals surface area contributed by atoms with Gasteiger partial charge in [-0.05, 0) is 43.5 Å². The summed E-state index contributed by atoms with van der Waals surface area (Å²) in [7, 11) is -2.02. The number of halogens is 1. The predicted octanol–water partition coefficient (Wildman–Crippen LogP) is 2.18. The van der Waals surface area contributed by atoms with E-state index in [0.717, 1.165) is 29.8 Å². The molecule has 1 aromatic rings. The number of aliphatic hydroxyl groups excluding tert-OH is 1. The fraction of sp³-hybridized carbons (Fsp3) is 0.588. The standard InChI is InChI=1S/C17H25ClN2O4S/c1-12-10-13(18)8-9-14(12)20(25(3,23)24)11-17(22)19(2)15-6-4-5-7-16(15)21/h8-10,15-16,21H,4-7,11H2,1-3H3. The zero-order chi connectivity index (χ0) is 18.8. The number of rotatable bonds is 5. The summed E-state index contributed by atoms with van der Waals surface area (Å²) >= 11 is 5.94. The third-order valence-corrected chi connectivity index (χ3v) is 6.05. The highest BCUT2D eigenvalue weighted by Gasteiger charge is 2.31. The van der Waals surface area contributed by atoms with Crippen LogP contribution in [0.3, 0.4) is 0 Å². The molecule has 0 bridgehead atoms. The Bertz CT molecular complexity index is 738. The van der Waals surface area contributed by atoms with Crippen molar-refractivity contribution in [1.29, 1.82) is 0 Å². The molecule has 140 valence electrons. The summed E-state index contributed by atoms with van der Waals surface area (Å²) in [6.07, 6.45) is 3.79. The molecule has 6 nitrogen and oxygen atoms in total. The van der Waals surface area contributed by atoms with Crippen molar-refractivity contribution in [2.24, 2.45) is 0 Å². The minimum absolute atomic E-state index is 0.269. The molecule has 1 amide bonds. The van der Waals surface area contributed by atoms with Gasteiger partial charge in [0.25, 0.3) is 0 Å². The van der Waals surface area contributed by atoms with Gasteiger partial charge in [-0.25, -0.2) is 8.42 Å². The summed E-state index contributed by atoms with van der Waals surface area (Å²) in [5, 5.41) is 10.6. The quantitative estimate of drug-likeness (QED) is 0.838. The van der Waals surface area contributed by atoms with Gasteiger partial charge in [0.15, 0.2) is 0 Å². The number of anilines is 1. The Morgan fingerprint density at radius 3 is 2.52 bits per heavy atom. The first kappa shape index (κ1) is 20.0. The van der Waals surface area contributed by atoms with Gasteiger partial charge in [0.2, 0.25) is 15.9 Å². The average Bonchev–Trinajstić information content (AvgIpc) is 2.52. The first-order valence-electron chi connectivity index (χ1n) is 8.29. The van der Waals surface area contributed by atoms with Crippen molar-refractivity contribution < 1.29 is 18.3 Å². The normalized spacial score (nSPS) is 21.0. The predicted molar refractivity (Wildman–Crippen MR) is 99.4 cm³/mol. The topological polar surface area (TPSA) is 77.9 Å². The average molecular weight is 389 g/mol. The second-order valence-corrected chi connectivity index (χ2v) is 8.97. The lowest BCUT2D eigenvalue weighted by Crippen LogP contribution is -2.50. The third-order valence-electron chi connectivity index (χ3n) is 4.69. The third kappa shape index (κ3) is 4.86. The van der Waals surface area contributed by atoms with E-state index >= 15 is 0 Å². The summed E-state index contributed by atoms with van der Waals surface area (Å²) in [6, 6.07) is 4.59. The van der Waals surface area contributed by atoms with Gasteiger partial charge in [0, 0.05) is 12.1 Å². The number of likely N-dealkylation sites (N-methyl/N-ethyl adjacent to an activating group) is 1. The lowest BCUT2D eigenvalue weighted by atomic mass is 9.91. The molecule has 0 saturated heterocycles. The number of benzene rings is 1. The fourth-order valence-corrected chi connectivity index (χ4v) is 4.38. The number of nitrogens with zero attached hydrogens (tertiary/aromatic N) is 2. The van der Waals surface area contributed by atoms with Gasteiger partial charge in [-0.3, -0.25) is 9.10 Å². The van der Waals surface area contributed by atoms with E-state index in [1.807, 2.05) is 0 Å². The number of hydrogen-bond donors (Lipinski definition) is 1. The summed E-state index contributed by atoms with van der Waals surface area (Å²) in [5.74, 6) is -0.342. The molecule has 0 aromatic heterocycles. The van der Waals surface area contributed by atoms with E-state index in [0.29, 0.717) is 22.7 Å². The zero-order valence-electron chi connectivity index (χ0n) is 14.8. The highest BCUT2D eigenvalue weighted by atomic mass is 35.5. The number of hydrogen-bond acceptors (Lipinski definition) is 4. The molecule has 1 N–H and O–H groups in total. The number of sulfonamides is 1. The maximum Gasteiger partial charge on any atom is 0.243 e. The first-order chi connectivity index (χ1) is 11.6. The van der Waals surface area contributed by atoms with E-state index < -0.39 is 16.1 Å². The second kappa shape index (κ2) is 7.93. The van der Waals surface area contributed by atoms with Gasteiger partial charge < -0.3 is 10.0 Å². The molecular weight excluding hydrogens is 364 g/mol. The SMILES string of the molecule is Cc1cc(Cl)ccc1N(CC(=O)N(C)C1CCCCC1O)S(C)(=O)=O. The molecule has 8 heteroatoms. The highest BCUT2D eigenvalue weighted by Crippen LogP contribution is 2.27. The molecule has 25 heavy (non-hydrogen) atoms. The minimum Gasteiger partial charge on any atom is -0.391 e. The zero-order valence-corrected chi connectivity index (χ0v) is 16.3. The number of carbonyl (C=O) groups excluding carboxylic acids is 1. The van der Waals surface area contributed by atoms with Crippen LogP contribution in [0, 0.1) is 6.92 Å². The van der Waals surface area contributed by atoms with Gasteiger partial charge in [0.1, 0.15) is 6.54 Å². The Hall–Kier alpha value is -1.31. The maximum absolute atomic E-state index is 12.7. The fourth-order valence-electron chi connectivity index (χ4n) is 3.24. The van der Waals surface area contributed by atoms with Crippen LogP contribution in [0.2, 0.25) is 5.02 Å². The van der Waals surface area contributed by atoms with E-state index in [1.165, 1.54) is 4.90 Å². The first-order valence-corrected chi connectivity index (χ1v) is 10.5. The van der Waals surface area contributed by atoms with Crippen molar-refractivity contribution >= 4 is 33.2 Å². The lowest BCUT2D eigenvalue weighted by molar-refractivity contribution is -0.133. The molecule has 2 atom stereocenters. The molecular formula is C17H25ClN2O4S. The monoisotopic (exact) mass is 388 g/mol. The van der Waals surface area contributed by atoms with Crippen LogP contribution >= 0.6 is 11.6 Å². The molecule has 0 heterocycles. The summed E-state index contributed by atoms with van der Waals surface area (Å²) in [6.45, 7) is 1.44. The Labute approximate surface area is 154 Å². The smallest absolute Gasteiger partial charge is 0.243 e. The maximum atomic E-state index is 12.7. The van der Waals surface area contributed by atoms with E-state index in [2.05, 4.69) is 0 Å². The van der Waals surface area contributed by atoms with Crippen molar-refractivity contribution in [3.8, 4) is 0 Å². The largest absolute Gasteiger partial charge is 0.391 e. The van der Waals surface area contributed by atoms with Crippen molar-refractivity contribution in [3.63, 3.8) is 0 Å². The number of amides is 1. The van der Waals surface area contributed by atoms with Crippen LogP contribution < -0.4 is 4.31 Å². The number of carbonyl (C=O) groups is 1. The second-order valence-electron chi connectivity index (χ2n) is 6.62. The Balaban J connectivity index is 2.24. The highest BCUT2D eigenvalue weighted by molar-refractivity contribution is 7.92. The molecule has 0 aliphatic heterocycles. The van der Waals surface area contributed by atoms with E-state index in [1.54, 1.807) is 32.2 Å².